The van der Waals surface area contributed by atoms with Crippen molar-refractivity contribution in [3.63, 3.8) is 0 Å². The first-order chi connectivity index (χ1) is 13.7. The summed E-state index contributed by atoms with van der Waals surface area (Å²) in [5.41, 5.74) is 2.77. The van der Waals surface area contributed by atoms with Gasteiger partial charge in [0.15, 0.2) is 5.16 Å². The van der Waals surface area contributed by atoms with Gasteiger partial charge in [-0.3, -0.25) is 4.57 Å². The molecule has 0 amide bonds. The molecule has 2 aromatic carbocycles. The molecule has 5 nitrogen and oxygen atoms in total. The van der Waals surface area contributed by atoms with Crippen LogP contribution < -0.4 is 9.47 Å². The first-order valence-corrected chi connectivity index (χ1v) is 9.98. The summed E-state index contributed by atoms with van der Waals surface area (Å²) in [5, 5.41) is 2.39. The van der Waals surface area contributed by atoms with E-state index in [1.54, 1.807) is 32.2 Å². The molecule has 2 heterocycles. The minimum atomic E-state index is 0.493. The zero-order chi connectivity index (χ0) is 19.5. The van der Waals surface area contributed by atoms with Crippen LogP contribution in [-0.4, -0.2) is 28.8 Å². The smallest absolute Gasteiger partial charge is 0.172 e. The Labute approximate surface area is 172 Å². The molecule has 0 atom stereocenters. The van der Waals surface area contributed by atoms with Gasteiger partial charge >= 0.3 is 0 Å². The van der Waals surface area contributed by atoms with Gasteiger partial charge in [-0.25, -0.2) is 9.97 Å². The van der Waals surface area contributed by atoms with Crippen LogP contribution in [0.4, 0.5) is 0 Å². The number of imidazole rings is 1. The number of fused-ring (bicyclic) bond motifs is 1. The minimum absolute atomic E-state index is 0.493. The fraction of sp³-hybridized carbons (Fsp3) is 0.143. The van der Waals surface area contributed by atoms with Crippen molar-refractivity contribution in [3.05, 3.63) is 71.6 Å². The maximum atomic E-state index is 6.43. The highest BCUT2D eigenvalue weighted by molar-refractivity contribution is 7.98. The van der Waals surface area contributed by atoms with E-state index in [-0.39, 0.29) is 0 Å². The molecule has 0 aliphatic rings. The van der Waals surface area contributed by atoms with E-state index in [0.29, 0.717) is 10.9 Å². The second-order valence-electron chi connectivity index (χ2n) is 6.07. The summed E-state index contributed by atoms with van der Waals surface area (Å²) in [6.45, 7) is 0. The number of benzene rings is 2. The summed E-state index contributed by atoms with van der Waals surface area (Å²) in [6, 6.07) is 15.7. The number of rotatable bonds is 6. The standard InChI is InChI=1S/C21H18ClN3O2S/c1-26-17-5-3-4-16(11-17)25-9-8-23-21(25)28-13-15-10-14-6-7-18(27-2)12-19(14)24-20(15)22/h3-12H,13H2,1-2H3. The highest BCUT2D eigenvalue weighted by Gasteiger charge is 2.11. The van der Waals surface area contributed by atoms with E-state index in [0.717, 1.165) is 38.8 Å². The summed E-state index contributed by atoms with van der Waals surface area (Å²) >= 11 is 8.03. The summed E-state index contributed by atoms with van der Waals surface area (Å²) in [5.74, 6) is 2.23. The molecular weight excluding hydrogens is 394 g/mol. The van der Waals surface area contributed by atoms with Crippen molar-refractivity contribution in [2.45, 2.75) is 10.9 Å². The van der Waals surface area contributed by atoms with Crippen LogP contribution in [0.2, 0.25) is 5.15 Å². The summed E-state index contributed by atoms with van der Waals surface area (Å²) in [4.78, 5) is 9.00. The highest BCUT2D eigenvalue weighted by atomic mass is 35.5. The lowest BCUT2D eigenvalue weighted by Gasteiger charge is -2.10. The zero-order valence-corrected chi connectivity index (χ0v) is 17.0. The van der Waals surface area contributed by atoms with Gasteiger partial charge in [0.05, 0.1) is 25.4 Å². The monoisotopic (exact) mass is 411 g/mol. The molecule has 7 heteroatoms. The van der Waals surface area contributed by atoms with Gasteiger partial charge in [-0.1, -0.05) is 29.4 Å². The molecule has 0 fully saturated rings. The summed E-state index contributed by atoms with van der Waals surface area (Å²) in [7, 11) is 3.30. The average Bonchev–Trinajstić information content (AvgIpc) is 3.20. The van der Waals surface area contributed by atoms with Gasteiger partial charge in [-0.2, -0.15) is 0 Å². The molecule has 28 heavy (non-hydrogen) atoms. The Bertz CT molecular complexity index is 1130. The van der Waals surface area contributed by atoms with Crippen LogP contribution in [0, 0.1) is 0 Å². The summed E-state index contributed by atoms with van der Waals surface area (Å²) < 4.78 is 12.6. The number of pyridine rings is 1. The van der Waals surface area contributed by atoms with Crippen LogP contribution in [0.15, 0.2) is 66.1 Å². The maximum absolute atomic E-state index is 6.43. The molecule has 0 radical (unpaired) electrons. The SMILES string of the molecule is COc1cccc(-n2ccnc2SCc2cc3ccc(OC)cc3nc2Cl)c1. The first kappa shape index (κ1) is 18.7. The third-order valence-electron chi connectivity index (χ3n) is 4.35. The predicted octanol–water partition coefficient (Wildman–Crippen LogP) is 5.38. The fourth-order valence-corrected chi connectivity index (χ4v) is 4.13. The Hall–Kier alpha value is -2.70. The number of hydrogen-bond acceptors (Lipinski definition) is 5. The first-order valence-electron chi connectivity index (χ1n) is 8.61. The third-order valence-corrected chi connectivity index (χ3v) is 5.69. The molecular formula is C21H18ClN3O2S. The van der Waals surface area contributed by atoms with Gasteiger partial charge in [0, 0.05) is 41.2 Å². The number of methoxy groups -OCH3 is 2. The lowest BCUT2D eigenvalue weighted by atomic mass is 10.1. The lowest BCUT2D eigenvalue weighted by molar-refractivity contribution is 0.414. The topological polar surface area (TPSA) is 49.2 Å². The Morgan fingerprint density at radius 1 is 1.04 bits per heavy atom. The Morgan fingerprint density at radius 3 is 2.68 bits per heavy atom. The van der Waals surface area contributed by atoms with Crippen molar-refractivity contribution in [3.8, 4) is 17.2 Å². The summed E-state index contributed by atoms with van der Waals surface area (Å²) in [6.07, 6.45) is 3.72. The molecule has 0 bridgehead atoms. The lowest BCUT2D eigenvalue weighted by Crippen LogP contribution is -1.97. The quantitative estimate of drug-likeness (QED) is 0.315. The second kappa shape index (κ2) is 8.12. The van der Waals surface area contributed by atoms with Crippen LogP contribution in [0.1, 0.15) is 5.56 Å². The number of ether oxygens (including phenoxy) is 2. The highest BCUT2D eigenvalue weighted by Crippen LogP contribution is 2.30. The molecule has 142 valence electrons. The number of hydrogen-bond donors (Lipinski definition) is 0. The molecule has 0 spiro atoms. The van der Waals surface area contributed by atoms with E-state index >= 15 is 0 Å². The van der Waals surface area contributed by atoms with Crippen molar-refractivity contribution in [2.75, 3.05) is 14.2 Å². The number of nitrogens with zero attached hydrogens (tertiary/aromatic N) is 3. The molecule has 0 unspecified atom stereocenters. The predicted molar refractivity (Wildman–Crippen MR) is 113 cm³/mol. The zero-order valence-electron chi connectivity index (χ0n) is 15.4. The van der Waals surface area contributed by atoms with E-state index in [1.807, 2.05) is 53.2 Å². The van der Waals surface area contributed by atoms with Crippen molar-refractivity contribution in [1.29, 1.82) is 0 Å². The van der Waals surface area contributed by atoms with Crippen LogP contribution in [0.5, 0.6) is 11.5 Å². The van der Waals surface area contributed by atoms with Crippen molar-refractivity contribution < 1.29 is 9.47 Å². The van der Waals surface area contributed by atoms with Crippen LogP contribution >= 0.6 is 23.4 Å². The second-order valence-corrected chi connectivity index (χ2v) is 7.37. The fourth-order valence-electron chi connectivity index (χ4n) is 2.89. The largest absolute Gasteiger partial charge is 0.497 e. The van der Waals surface area contributed by atoms with Gasteiger partial charge in [0.25, 0.3) is 0 Å². The molecule has 0 aliphatic carbocycles. The van der Waals surface area contributed by atoms with E-state index in [9.17, 15) is 0 Å². The average molecular weight is 412 g/mol. The molecule has 0 saturated heterocycles. The van der Waals surface area contributed by atoms with Gasteiger partial charge in [-0.15, -0.1) is 0 Å². The maximum Gasteiger partial charge on any atom is 0.172 e. The molecule has 4 rings (SSSR count). The number of halogens is 1. The van der Waals surface area contributed by atoms with E-state index in [1.165, 1.54) is 0 Å². The third kappa shape index (κ3) is 3.79. The molecule has 2 aromatic heterocycles. The minimum Gasteiger partial charge on any atom is -0.497 e. The van der Waals surface area contributed by atoms with Gasteiger partial charge < -0.3 is 9.47 Å². The number of aromatic nitrogens is 3. The van der Waals surface area contributed by atoms with E-state index in [2.05, 4.69) is 16.0 Å². The molecule has 0 saturated carbocycles. The van der Waals surface area contributed by atoms with Gasteiger partial charge in [-0.05, 0) is 30.3 Å². The van der Waals surface area contributed by atoms with Crippen LogP contribution in [0.3, 0.4) is 0 Å². The van der Waals surface area contributed by atoms with Crippen molar-refractivity contribution in [1.82, 2.24) is 14.5 Å². The van der Waals surface area contributed by atoms with Crippen LogP contribution in [0.25, 0.3) is 16.6 Å². The molecule has 0 aliphatic heterocycles. The molecule has 4 aromatic rings. The number of thioether (sulfide) groups is 1. The molecule has 0 N–H and O–H groups in total. The Balaban J connectivity index is 1.58. The van der Waals surface area contributed by atoms with Crippen LogP contribution in [-0.2, 0) is 5.75 Å². The van der Waals surface area contributed by atoms with E-state index in [4.69, 9.17) is 21.1 Å². The van der Waals surface area contributed by atoms with Crippen molar-refractivity contribution >= 4 is 34.3 Å². The van der Waals surface area contributed by atoms with Gasteiger partial charge in [0.2, 0.25) is 0 Å². The Kier molecular flexibility index (Phi) is 5.41. The van der Waals surface area contributed by atoms with Crippen molar-refractivity contribution in [2.24, 2.45) is 0 Å². The van der Waals surface area contributed by atoms with Gasteiger partial charge in [0.1, 0.15) is 16.7 Å². The Morgan fingerprint density at radius 2 is 1.86 bits per heavy atom. The normalized spacial score (nSPS) is 11.0. The van der Waals surface area contributed by atoms with E-state index < -0.39 is 0 Å².